The molecule has 1 atom stereocenters. The summed E-state index contributed by atoms with van der Waals surface area (Å²) in [6, 6.07) is 20.6. The van der Waals surface area contributed by atoms with Crippen LogP contribution < -0.4 is 15.5 Å². The average molecular weight is 574 g/mol. The minimum absolute atomic E-state index is 0.0891. The normalized spacial score (nSPS) is 19.4. The number of carbonyl (C=O) groups is 3. The first kappa shape index (κ1) is 27.2. The summed E-state index contributed by atoms with van der Waals surface area (Å²) >= 11 is 1.44. The van der Waals surface area contributed by atoms with E-state index in [2.05, 4.69) is 10.6 Å². The van der Waals surface area contributed by atoms with Crippen LogP contribution in [0.2, 0.25) is 0 Å². The van der Waals surface area contributed by atoms with E-state index in [-0.39, 0.29) is 42.2 Å². The molecule has 1 aliphatic carbocycles. The number of phenols is 1. The van der Waals surface area contributed by atoms with E-state index in [1.165, 1.54) is 11.8 Å². The number of nitrogens with zero attached hydrogens (tertiary/aromatic N) is 1. The van der Waals surface area contributed by atoms with Crippen molar-refractivity contribution < 1.29 is 29.0 Å². The zero-order valence-electron chi connectivity index (χ0n) is 22.4. The van der Waals surface area contributed by atoms with Gasteiger partial charge in [0.15, 0.2) is 0 Å². The van der Waals surface area contributed by atoms with Gasteiger partial charge in [0, 0.05) is 27.7 Å². The maximum Gasteiger partial charge on any atom is 0.408 e. The van der Waals surface area contributed by atoms with Gasteiger partial charge >= 0.3 is 6.09 Å². The van der Waals surface area contributed by atoms with Crippen LogP contribution in [0.25, 0.3) is 0 Å². The monoisotopic (exact) mass is 573 g/mol. The van der Waals surface area contributed by atoms with Crippen molar-refractivity contribution in [3.63, 3.8) is 0 Å². The first-order chi connectivity index (χ1) is 19.9. The van der Waals surface area contributed by atoms with E-state index >= 15 is 0 Å². The Kier molecular flexibility index (Phi) is 7.59. The van der Waals surface area contributed by atoms with Crippen LogP contribution in [-0.4, -0.2) is 54.1 Å². The topological polar surface area (TPSA) is 117 Å². The molecular formula is C31H31N3O6S. The van der Waals surface area contributed by atoms with Crippen LogP contribution in [0.15, 0.2) is 77.7 Å². The predicted octanol–water partition coefficient (Wildman–Crippen LogP) is 4.23. The molecular weight excluding hydrogens is 542 g/mol. The fourth-order valence-electron chi connectivity index (χ4n) is 5.48. The molecule has 0 aromatic heterocycles. The quantitative estimate of drug-likeness (QED) is 0.387. The lowest BCUT2D eigenvalue weighted by Crippen LogP contribution is -2.59. The molecule has 41 heavy (non-hydrogen) atoms. The molecule has 0 unspecified atom stereocenters. The van der Waals surface area contributed by atoms with E-state index in [1.807, 2.05) is 36.4 Å². The van der Waals surface area contributed by atoms with E-state index in [0.717, 1.165) is 42.1 Å². The molecule has 1 saturated carbocycles. The number of thioether (sulfide) groups is 1. The molecule has 0 bridgehead atoms. The van der Waals surface area contributed by atoms with E-state index in [4.69, 9.17) is 9.47 Å². The van der Waals surface area contributed by atoms with Gasteiger partial charge in [0.25, 0.3) is 11.8 Å². The largest absolute Gasteiger partial charge is 0.508 e. The number of phenolic OH excluding ortho intramolecular Hbond substituents is 1. The predicted molar refractivity (Wildman–Crippen MR) is 154 cm³/mol. The number of hydrogen-bond acceptors (Lipinski definition) is 7. The third kappa shape index (κ3) is 6.03. The summed E-state index contributed by atoms with van der Waals surface area (Å²) in [6.45, 7) is 1.81. The molecule has 1 spiro atoms. The van der Waals surface area contributed by atoms with Gasteiger partial charge in [0.1, 0.15) is 18.4 Å². The van der Waals surface area contributed by atoms with Crippen LogP contribution in [0.3, 0.4) is 0 Å². The SMILES string of the molecule is O=C(N[C@H]1CSc2ccc(C(=O)NC3CC4(COC4)C3)cc2N(Cc2ccc(O)cc2)C1=O)OCc1ccccc1. The number of hydrogen-bond donors (Lipinski definition) is 3. The molecule has 2 fully saturated rings. The molecule has 212 valence electrons. The van der Waals surface area contributed by atoms with E-state index in [0.29, 0.717) is 17.0 Å². The van der Waals surface area contributed by atoms with E-state index < -0.39 is 12.1 Å². The minimum Gasteiger partial charge on any atom is -0.508 e. The van der Waals surface area contributed by atoms with E-state index in [1.54, 1.807) is 41.3 Å². The molecule has 3 aliphatic rings. The van der Waals surface area contributed by atoms with Crippen molar-refractivity contribution >= 4 is 35.4 Å². The average Bonchev–Trinajstić information content (AvgIpc) is 3.06. The molecule has 1 saturated heterocycles. The van der Waals surface area contributed by atoms with Gasteiger partial charge in [-0.25, -0.2) is 4.79 Å². The molecule has 3 N–H and O–H groups in total. The summed E-state index contributed by atoms with van der Waals surface area (Å²) in [5, 5.41) is 15.6. The Hall–Kier alpha value is -4.02. The van der Waals surface area contributed by atoms with Crippen LogP contribution in [0.4, 0.5) is 10.5 Å². The number of benzene rings is 3. The van der Waals surface area contributed by atoms with Crippen LogP contribution in [-0.2, 0) is 27.4 Å². The number of carbonyl (C=O) groups excluding carboxylic acids is 3. The molecule has 6 rings (SSSR count). The first-order valence-corrected chi connectivity index (χ1v) is 14.6. The molecule has 0 radical (unpaired) electrons. The minimum atomic E-state index is -0.846. The van der Waals surface area contributed by atoms with Gasteiger partial charge in [-0.05, 0) is 54.3 Å². The van der Waals surface area contributed by atoms with Gasteiger partial charge in [0.2, 0.25) is 0 Å². The van der Waals surface area contributed by atoms with Crippen molar-refractivity contribution in [2.75, 3.05) is 23.9 Å². The van der Waals surface area contributed by atoms with Gasteiger partial charge in [-0.3, -0.25) is 9.59 Å². The van der Waals surface area contributed by atoms with E-state index in [9.17, 15) is 19.5 Å². The Morgan fingerprint density at radius 3 is 2.46 bits per heavy atom. The van der Waals surface area contributed by atoms with Crippen LogP contribution in [0.5, 0.6) is 5.75 Å². The molecule has 10 heteroatoms. The summed E-state index contributed by atoms with van der Waals surface area (Å²) in [4.78, 5) is 42.1. The zero-order valence-corrected chi connectivity index (χ0v) is 23.2. The number of amides is 3. The van der Waals surface area contributed by atoms with Crippen LogP contribution in [0.1, 0.15) is 34.3 Å². The number of alkyl carbamates (subject to hydrolysis) is 1. The summed E-state index contributed by atoms with van der Waals surface area (Å²) in [5.74, 6) is -0.0727. The van der Waals surface area contributed by atoms with Crippen molar-refractivity contribution in [2.45, 2.75) is 43.0 Å². The fourth-order valence-corrected chi connectivity index (χ4v) is 6.54. The number of anilines is 1. The Balaban J connectivity index is 1.20. The lowest BCUT2D eigenvalue weighted by Gasteiger charge is -2.53. The highest BCUT2D eigenvalue weighted by Gasteiger charge is 2.50. The molecule has 2 aliphatic heterocycles. The lowest BCUT2D eigenvalue weighted by atomic mass is 9.64. The number of ether oxygens (including phenoxy) is 2. The Morgan fingerprint density at radius 2 is 1.76 bits per heavy atom. The Morgan fingerprint density at radius 1 is 1.00 bits per heavy atom. The van der Waals surface area contributed by atoms with Gasteiger partial charge < -0.3 is 30.1 Å². The molecule has 3 amide bonds. The van der Waals surface area contributed by atoms with Crippen molar-refractivity contribution in [1.82, 2.24) is 10.6 Å². The fraction of sp³-hybridized carbons (Fsp3) is 0.323. The van der Waals surface area contributed by atoms with Gasteiger partial charge in [-0.1, -0.05) is 42.5 Å². The van der Waals surface area contributed by atoms with Crippen molar-refractivity contribution in [3.8, 4) is 5.75 Å². The zero-order chi connectivity index (χ0) is 28.4. The highest BCUT2D eigenvalue weighted by atomic mass is 32.2. The third-order valence-corrected chi connectivity index (χ3v) is 8.93. The first-order valence-electron chi connectivity index (χ1n) is 13.6. The van der Waals surface area contributed by atoms with Gasteiger partial charge in [0.05, 0.1) is 25.4 Å². The Bertz CT molecular complexity index is 1440. The van der Waals surface area contributed by atoms with Gasteiger partial charge in [-0.2, -0.15) is 0 Å². The van der Waals surface area contributed by atoms with Crippen molar-refractivity contribution in [2.24, 2.45) is 5.41 Å². The summed E-state index contributed by atoms with van der Waals surface area (Å²) < 4.78 is 10.7. The van der Waals surface area contributed by atoms with Crippen LogP contribution >= 0.6 is 11.8 Å². The van der Waals surface area contributed by atoms with Crippen molar-refractivity contribution in [1.29, 1.82) is 0 Å². The van der Waals surface area contributed by atoms with Gasteiger partial charge in [-0.15, -0.1) is 11.8 Å². The second-order valence-corrected chi connectivity index (χ2v) is 12.0. The second-order valence-electron chi connectivity index (χ2n) is 10.9. The van der Waals surface area contributed by atoms with Crippen molar-refractivity contribution in [3.05, 3.63) is 89.5 Å². The third-order valence-electron chi connectivity index (χ3n) is 7.77. The number of aromatic hydroxyl groups is 1. The summed E-state index contributed by atoms with van der Waals surface area (Å²) in [7, 11) is 0. The van der Waals surface area contributed by atoms with Crippen LogP contribution in [0, 0.1) is 5.41 Å². The summed E-state index contributed by atoms with van der Waals surface area (Å²) in [6.07, 6.45) is 1.15. The summed E-state index contributed by atoms with van der Waals surface area (Å²) in [5.41, 5.74) is 2.93. The molecule has 3 aromatic carbocycles. The lowest BCUT2D eigenvalue weighted by molar-refractivity contribution is -0.165. The number of rotatable bonds is 7. The molecule has 2 heterocycles. The second kappa shape index (κ2) is 11.5. The highest BCUT2D eigenvalue weighted by molar-refractivity contribution is 7.99. The highest BCUT2D eigenvalue weighted by Crippen LogP contribution is 2.47. The maximum absolute atomic E-state index is 13.9. The standard InChI is InChI=1S/C31H31N3O6S/c35-24-9-6-20(7-10-24)15-34-26-12-22(28(36)32-23-13-31(14-23)18-39-19-31)8-11-27(26)41-17-25(29(34)37)33-30(38)40-16-21-4-2-1-3-5-21/h1-12,23,25,35H,13-19H2,(H,32,36)(H,33,38)/t25-/m0/s1. The Labute approximate surface area is 242 Å². The molecule has 9 nitrogen and oxygen atoms in total. The maximum atomic E-state index is 13.9. The smallest absolute Gasteiger partial charge is 0.408 e. The number of fused-ring (bicyclic) bond motifs is 1. The molecule has 3 aromatic rings. The number of nitrogens with one attached hydrogen (secondary N) is 2.